The minimum Gasteiger partial charge on any atom is -0.316 e. The van der Waals surface area contributed by atoms with Gasteiger partial charge >= 0.3 is 0 Å². The average Bonchev–Trinajstić information content (AvgIpc) is 2.37. The van der Waals surface area contributed by atoms with Crippen LogP contribution in [0.4, 0.5) is 0 Å². The van der Waals surface area contributed by atoms with E-state index < -0.39 is 0 Å². The molecule has 4 nitrogen and oxygen atoms in total. The van der Waals surface area contributed by atoms with Crippen LogP contribution in [0.5, 0.6) is 0 Å². The van der Waals surface area contributed by atoms with Crippen LogP contribution in [0.3, 0.4) is 0 Å². The Kier molecular flexibility index (Phi) is 2.62. The predicted octanol–water partition coefficient (Wildman–Crippen LogP) is 0.943. The zero-order chi connectivity index (χ0) is 8.27. The van der Waals surface area contributed by atoms with Crippen molar-refractivity contribution in [3.8, 4) is 0 Å². The maximum absolute atomic E-state index is 8.38. The van der Waals surface area contributed by atoms with Crippen molar-refractivity contribution >= 4 is 0 Å². The van der Waals surface area contributed by atoms with Crippen molar-refractivity contribution in [3.05, 3.63) is 18.0 Å². The summed E-state index contributed by atoms with van der Waals surface area (Å²) in [5, 5.41) is 12.5. The average molecular weight is 155 g/mol. The molecule has 0 saturated heterocycles. The Balaban J connectivity index is 2.66. The molecule has 0 fully saturated rings. The molecule has 0 aliphatic rings. The van der Waals surface area contributed by atoms with Gasteiger partial charge in [-0.1, -0.05) is 0 Å². The molecule has 0 aliphatic carbocycles. The summed E-state index contributed by atoms with van der Waals surface area (Å²) in [6.07, 6.45) is 3.65. The van der Waals surface area contributed by atoms with Crippen LogP contribution in [0.2, 0.25) is 0 Å². The number of nitrogens with zero attached hydrogens (tertiary/aromatic N) is 2. The quantitative estimate of drug-likeness (QED) is 0.639. The molecule has 1 aromatic rings. The van der Waals surface area contributed by atoms with Crippen LogP contribution in [0.15, 0.2) is 12.4 Å². The molecule has 0 amide bonds. The number of hydroxylamine groups is 1. The molecule has 1 aromatic heterocycles. The van der Waals surface area contributed by atoms with Crippen LogP contribution >= 0.6 is 0 Å². The monoisotopic (exact) mass is 155 g/mol. The van der Waals surface area contributed by atoms with E-state index in [4.69, 9.17) is 5.21 Å². The summed E-state index contributed by atoms with van der Waals surface area (Å²) in [6.45, 7) is 4.57. The third-order valence-electron chi connectivity index (χ3n) is 1.47. The van der Waals surface area contributed by atoms with Gasteiger partial charge in [0.2, 0.25) is 0 Å². The molecule has 0 saturated carbocycles. The Morgan fingerprint density at radius 2 is 2.45 bits per heavy atom. The van der Waals surface area contributed by atoms with Crippen molar-refractivity contribution in [2.45, 2.75) is 26.4 Å². The van der Waals surface area contributed by atoms with E-state index in [9.17, 15) is 0 Å². The summed E-state index contributed by atoms with van der Waals surface area (Å²) in [5.41, 5.74) is 3.07. The maximum atomic E-state index is 8.38. The summed E-state index contributed by atoms with van der Waals surface area (Å²) in [5.74, 6) is 0. The summed E-state index contributed by atoms with van der Waals surface area (Å²) >= 11 is 0. The molecule has 0 spiro atoms. The van der Waals surface area contributed by atoms with E-state index in [0.717, 1.165) is 5.56 Å². The fraction of sp³-hybridized carbons (Fsp3) is 0.571. The van der Waals surface area contributed by atoms with Gasteiger partial charge in [-0.3, -0.25) is 4.68 Å². The molecule has 0 atom stereocenters. The van der Waals surface area contributed by atoms with Gasteiger partial charge in [-0.15, -0.1) is 0 Å². The van der Waals surface area contributed by atoms with Crippen LogP contribution in [0.25, 0.3) is 0 Å². The van der Waals surface area contributed by atoms with Crippen LogP contribution in [0.1, 0.15) is 25.5 Å². The van der Waals surface area contributed by atoms with Crippen molar-refractivity contribution in [3.63, 3.8) is 0 Å². The van der Waals surface area contributed by atoms with E-state index in [0.29, 0.717) is 12.6 Å². The second-order valence-electron chi connectivity index (χ2n) is 2.76. The van der Waals surface area contributed by atoms with Crippen LogP contribution in [-0.4, -0.2) is 15.0 Å². The third-order valence-corrected chi connectivity index (χ3v) is 1.47. The molecule has 0 unspecified atom stereocenters. The highest BCUT2D eigenvalue weighted by atomic mass is 16.5. The number of rotatable bonds is 3. The lowest BCUT2D eigenvalue weighted by Gasteiger charge is -2.02. The van der Waals surface area contributed by atoms with Gasteiger partial charge in [0.15, 0.2) is 0 Å². The Labute approximate surface area is 65.8 Å². The van der Waals surface area contributed by atoms with E-state index in [1.807, 2.05) is 10.9 Å². The van der Waals surface area contributed by atoms with Crippen molar-refractivity contribution in [2.24, 2.45) is 0 Å². The summed E-state index contributed by atoms with van der Waals surface area (Å²) in [6, 6.07) is 0.377. The second kappa shape index (κ2) is 3.50. The van der Waals surface area contributed by atoms with Gasteiger partial charge < -0.3 is 5.21 Å². The summed E-state index contributed by atoms with van der Waals surface area (Å²) < 4.78 is 1.85. The fourth-order valence-electron chi connectivity index (χ4n) is 0.842. The first kappa shape index (κ1) is 8.23. The van der Waals surface area contributed by atoms with E-state index in [1.54, 1.807) is 6.20 Å². The van der Waals surface area contributed by atoms with E-state index >= 15 is 0 Å². The highest BCUT2D eigenvalue weighted by Gasteiger charge is 1.99. The number of hydrogen-bond donors (Lipinski definition) is 2. The zero-order valence-corrected chi connectivity index (χ0v) is 6.78. The van der Waals surface area contributed by atoms with Gasteiger partial charge in [0.05, 0.1) is 6.20 Å². The molecule has 0 radical (unpaired) electrons. The van der Waals surface area contributed by atoms with E-state index in [2.05, 4.69) is 24.4 Å². The number of aromatic nitrogens is 2. The summed E-state index contributed by atoms with van der Waals surface area (Å²) in [4.78, 5) is 0. The van der Waals surface area contributed by atoms with Gasteiger partial charge in [-0.25, -0.2) is 5.48 Å². The Morgan fingerprint density at radius 3 is 2.91 bits per heavy atom. The largest absolute Gasteiger partial charge is 0.316 e. The van der Waals surface area contributed by atoms with Crippen LogP contribution in [-0.2, 0) is 6.54 Å². The second-order valence-corrected chi connectivity index (χ2v) is 2.76. The van der Waals surface area contributed by atoms with E-state index in [1.165, 1.54) is 0 Å². The van der Waals surface area contributed by atoms with Gasteiger partial charge in [-0.2, -0.15) is 5.10 Å². The van der Waals surface area contributed by atoms with Crippen LogP contribution in [0, 0.1) is 0 Å². The molecule has 4 heteroatoms. The molecule has 1 heterocycles. The summed E-state index contributed by atoms with van der Waals surface area (Å²) in [7, 11) is 0. The first-order chi connectivity index (χ1) is 5.24. The highest BCUT2D eigenvalue weighted by molar-refractivity contribution is 5.03. The zero-order valence-electron chi connectivity index (χ0n) is 6.78. The topological polar surface area (TPSA) is 50.1 Å². The van der Waals surface area contributed by atoms with Gasteiger partial charge in [0.25, 0.3) is 0 Å². The minimum absolute atomic E-state index is 0.377. The van der Waals surface area contributed by atoms with Gasteiger partial charge in [0.1, 0.15) is 0 Å². The molecular formula is C7H13N3O. The molecule has 0 aliphatic heterocycles. The Morgan fingerprint density at radius 1 is 1.73 bits per heavy atom. The molecule has 62 valence electrons. The third kappa shape index (κ3) is 2.03. The van der Waals surface area contributed by atoms with Crippen molar-refractivity contribution in [1.82, 2.24) is 15.3 Å². The lowest BCUT2D eigenvalue weighted by atomic mass is 10.3. The maximum Gasteiger partial charge on any atom is 0.0535 e. The highest BCUT2D eigenvalue weighted by Crippen LogP contribution is 2.04. The standard InChI is InChI=1S/C7H13N3O/c1-6(2)10-5-7(3-8-10)4-9-11/h3,5-6,9,11H,4H2,1-2H3. The molecule has 2 N–H and O–H groups in total. The number of nitrogens with one attached hydrogen (secondary N) is 1. The predicted molar refractivity (Wildman–Crippen MR) is 41.2 cm³/mol. The van der Waals surface area contributed by atoms with Crippen molar-refractivity contribution in [2.75, 3.05) is 0 Å². The van der Waals surface area contributed by atoms with Crippen molar-refractivity contribution in [1.29, 1.82) is 0 Å². The fourth-order valence-corrected chi connectivity index (χ4v) is 0.842. The minimum atomic E-state index is 0.377. The van der Waals surface area contributed by atoms with E-state index in [-0.39, 0.29) is 0 Å². The molecular weight excluding hydrogens is 142 g/mol. The first-order valence-electron chi connectivity index (χ1n) is 3.64. The lowest BCUT2D eigenvalue weighted by Crippen LogP contribution is -2.05. The van der Waals surface area contributed by atoms with Gasteiger partial charge in [0, 0.05) is 24.3 Å². The molecule has 11 heavy (non-hydrogen) atoms. The first-order valence-corrected chi connectivity index (χ1v) is 3.64. The SMILES string of the molecule is CC(C)n1cc(CNO)cn1. The number of hydrogen-bond acceptors (Lipinski definition) is 3. The normalized spacial score (nSPS) is 10.9. The smallest absolute Gasteiger partial charge is 0.0535 e. The Hall–Kier alpha value is -0.870. The molecule has 0 bridgehead atoms. The molecule has 1 rings (SSSR count). The Bertz CT molecular complexity index is 219. The van der Waals surface area contributed by atoms with Gasteiger partial charge in [-0.05, 0) is 13.8 Å². The molecule has 0 aromatic carbocycles. The van der Waals surface area contributed by atoms with Crippen LogP contribution < -0.4 is 5.48 Å². The van der Waals surface area contributed by atoms with Crippen molar-refractivity contribution < 1.29 is 5.21 Å². The lowest BCUT2D eigenvalue weighted by molar-refractivity contribution is 0.161.